The highest BCUT2D eigenvalue weighted by Crippen LogP contribution is 2.14. The highest BCUT2D eigenvalue weighted by atomic mass is 16.1. The number of hydrogen-bond acceptors (Lipinski definition) is 4. The van der Waals surface area contributed by atoms with Gasteiger partial charge in [0.25, 0.3) is 5.91 Å². The third kappa shape index (κ3) is 4.73. The number of benzene rings is 2. The first-order valence-corrected chi connectivity index (χ1v) is 10.1. The summed E-state index contributed by atoms with van der Waals surface area (Å²) in [7, 11) is 0. The van der Waals surface area contributed by atoms with Crippen molar-refractivity contribution < 1.29 is 4.79 Å². The predicted octanol–water partition coefficient (Wildman–Crippen LogP) is 3.46. The minimum absolute atomic E-state index is 0.0244. The summed E-state index contributed by atoms with van der Waals surface area (Å²) in [5.41, 5.74) is 3.60. The fourth-order valence-corrected chi connectivity index (χ4v) is 3.90. The Bertz CT molecular complexity index is 928. The molecule has 4 rings (SSSR count). The third-order valence-electron chi connectivity index (χ3n) is 5.35. The fraction of sp³-hybridized carbons (Fsp3) is 0.348. The van der Waals surface area contributed by atoms with Crippen LogP contribution in [0.5, 0.6) is 0 Å². The first kappa shape index (κ1) is 18.6. The first-order chi connectivity index (χ1) is 13.8. The van der Waals surface area contributed by atoms with Crippen molar-refractivity contribution in [3.05, 3.63) is 72.1 Å². The zero-order chi connectivity index (χ0) is 19.2. The number of nitrogens with zero attached hydrogens (tertiary/aromatic N) is 3. The zero-order valence-corrected chi connectivity index (χ0v) is 16.1. The van der Waals surface area contributed by atoms with Gasteiger partial charge in [-0.2, -0.15) is 0 Å². The molecule has 0 aliphatic carbocycles. The lowest BCUT2D eigenvalue weighted by atomic mass is 10.0. The van der Waals surface area contributed by atoms with E-state index in [9.17, 15) is 4.79 Å². The van der Waals surface area contributed by atoms with Crippen molar-refractivity contribution in [1.82, 2.24) is 20.2 Å². The summed E-state index contributed by atoms with van der Waals surface area (Å²) in [6, 6.07) is 16.3. The SMILES string of the molecule is O=C(N[C@@H]1CCCN(CCCc2ccccc2)C1)c1ccc2nccnc2c1. The van der Waals surface area contributed by atoms with Crippen LogP contribution in [-0.4, -0.2) is 46.5 Å². The molecule has 1 aromatic heterocycles. The molecule has 3 aromatic rings. The molecule has 1 fully saturated rings. The molecule has 1 N–H and O–H groups in total. The maximum absolute atomic E-state index is 12.7. The number of nitrogens with one attached hydrogen (secondary N) is 1. The molecule has 5 nitrogen and oxygen atoms in total. The van der Waals surface area contributed by atoms with Gasteiger partial charge in [0.15, 0.2) is 0 Å². The summed E-state index contributed by atoms with van der Waals surface area (Å²) in [5.74, 6) is -0.0244. The molecule has 28 heavy (non-hydrogen) atoms. The summed E-state index contributed by atoms with van der Waals surface area (Å²) < 4.78 is 0. The number of fused-ring (bicyclic) bond motifs is 1. The van der Waals surface area contributed by atoms with Crippen molar-refractivity contribution in [2.24, 2.45) is 0 Å². The van der Waals surface area contributed by atoms with E-state index >= 15 is 0 Å². The molecule has 1 aliphatic heterocycles. The Morgan fingerprint density at radius 3 is 2.75 bits per heavy atom. The smallest absolute Gasteiger partial charge is 0.251 e. The normalized spacial score (nSPS) is 17.5. The van der Waals surface area contributed by atoms with Crippen molar-refractivity contribution in [1.29, 1.82) is 0 Å². The van der Waals surface area contributed by atoms with E-state index in [0.717, 1.165) is 56.4 Å². The number of hydrogen-bond donors (Lipinski definition) is 1. The molecule has 0 unspecified atom stereocenters. The van der Waals surface area contributed by atoms with Crippen molar-refractivity contribution in [3.8, 4) is 0 Å². The van der Waals surface area contributed by atoms with Crippen molar-refractivity contribution in [2.75, 3.05) is 19.6 Å². The molecule has 0 radical (unpaired) electrons. The second kappa shape index (κ2) is 8.93. The minimum atomic E-state index is -0.0244. The van der Waals surface area contributed by atoms with E-state index in [0.29, 0.717) is 5.56 Å². The van der Waals surface area contributed by atoms with Crippen LogP contribution in [0.4, 0.5) is 0 Å². The number of rotatable bonds is 6. The monoisotopic (exact) mass is 374 g/mol. The van der Waals surface area contributed by atoms with E-state index in [4.69, 9.17) is 0 Å². The molecule has 1 aliphatic rings. The molecule has 2 aromatic carbocycles. The Hall–Kier alpha value is -2.79. The second-order valence-corrected chi connectivity index (χ2v) is 7.46. The Labute approximate surface area is 165 Å². The molecule has 5 heteroatoms. The van der Waals surface area contributed by atoms with Crippen LogP contribution in [0.15, 0.2) is 60.9 Å². The summed E-state index contributed by atoms with van der Waals surface area (Å²) in [6.45, 7) is 3.12. The largest absolute Gasteiger partial charge is 0.348 e. The van der Waals surface area contributed by atoms with Gasteiger partial charge in [-0.25, -0.2) is 0 Å². The molecule has 0 spiro atoms. The van der Waals surface area contributed by atoms with Crippen LogP contribution in [-0.2, 0) is 6.42 Å². The van der Waals surface area contributed by atoms with Gasteiger partial charge >= 0.3 is 0 Å². The highest BCUT2D eigenvalue weighted by molar-refractivity contribution is 5.97. The van der Waals surface area contributed by atoms with Gasteiger partial charge in [0.1, 0.15) is 0 Å². The first-order valence-electron chi connectivity index (χ1n) is 10.1. The quantitative estimate of drug-likeness (QED) is 0.718. The van der Waals surface area contributed by atoms with Gasteiger partial charge in [-0.1, -0.05) is 30.3 Å². The molecule has 0 saturated carbocycles. The van der Waals surface area contributed by atoms with Crippen LogP contribution in [0.25, 0.3) is 11.0 Å². The molecular formula is C23H26N4O. The average Bonchev–Trinajstić information content (AvgIpc) is 2.74. The van der Waals surface area contributed by atoms with Gasteiger partial charge in [0.05, 0.1) is 11.0 Å². The topological polar surface area (TPSA) is 58.1 Å². The Morgan fingerprint density at radius 1 is 1.07 bits per heavy atom. The Morgan fingerprint density at radius 2 is 1.89 bits per heavy atom. The van der Waals surface area contributed by atoms with Gasteiger partial charge in [0, 0.05) is 30.5 Å². The molecular weight excluding hydrogens is 348 g/mol. The maximum atomic E-state index is 12.7. The van der Waals surface area contributed by atoms with Crippen LogP contribution < -0.4 is 5.32 Å². The maximum Gasteiger partial charge on any atom is 0.251 e. The van der Waals surface area contributed by atoms with E-state index in [-0.39, 0.29) is 11.9 Å². The van der Waals surface area contributed by atoms with Crippen LogP contribution in [0.3, 0.4) is 0 Å². The van der Waals surface area contributed by atoms with E-state index in [1.54, 1.807) is 12.4 Å². The summed E-state index contributed by atoms with van der Waals surface area (Å²) in [6.07, 6.45) is 7.73. The number of likely N-dealkylation sites (tertiary alicyclic amines) is 1. The number of amides is 1. The predicted molar refractivity (Wildman–Crippen MR) is 111 cm³/mol. The number of carbonyl (C=O) groups excluding carboxylic acids is 1. The lowest BCUT2D eigenvalue weighted by Crippen LogP contribution is -2.47. The van der Waals surface area contributed by atoms with E-state index in [2.05, 4.69) is 50.5 Å². The van der Waals surface area contributed by atoms with Gasteiger partial charge in [-0.15, -0.1) is 0 Å². The Kier molecular flexibility index (Phi) is 5.92. The standard InChI is InChI=1S/C23H26N4O/c28-23(19-10-11-21-22(16-19)25-13-12-24-21)26-20-9-5-15-27(17-20)14-4-8-18-6-2-1-3-7-18/h1-3,6-7,10-13,16,20H,4-5,8-9,14-15,17H2,(H,26,28)/t20-/m1/s1. The van der Waals surface area contributed by atoms with E-state index in [1.807, 2.05) is 18.2 Å². The lowest BCUT2D eigenvalue weighted by molar-refractivity contribution is 0.0903. The highest BCUT2D eigenvalue weighted by Gasteiger charge is 2.21. The molecule has 1 saturated heterocycles. The van der Waals surface area contributed by atoms with Gasteiger partial charge < -0.3 is 10.2 Å². The van der Waals surface area contributed by atoms with Crippen LogP contribution in [0, 0.1) is 0 Å². The van der Waals surface area contributed by atoms with Gasteiger partial charge in [-0.3, -0.25) is 14.8 Å². The number of aromatic nitrogens is 2. The molecule has 144 valence electrons. The summed E-state index contributed by atoms with van der Waals surface area (Å²) in [5, 5.41) is 3.21. The van der Waals surface area contributed by atoms with Crippen molar-refractivity contribution in [3.63, 3.8) is 0 Å². The number of aryl methyl sites for hydroxylation is 1. The van der Waals surface area contributed by atoms with Crippen LogP contribution in [0.2, 0.25) is 0 Å². The second-order valence-electron chi connectivity index (χ2n) is 7.46. The van der Waals surface area contributed by atoms with Crippen molar-refractivity contribution in [2.45, 2.75) is 31.7 Å². The molecule has 1 amide bonds. The summed E-state index contributed by atoms with van der Waals surface area (Å²) >= 11 is 0. The lowest BCUT2D eigenvalue weighted by Gasteiger charge is -2.33. The molecule has 0 bridgehead atoms. The van der Waals surface area contributed by atoms with Crippen LogP contribution in [0.1, 0.15) is 35.2 Å². The Balaban J connectivity index is 1.29. The van der Waals surface area contributed by atoms with Crippen molar-refractivity contribution >= 4 is 16.9 Å². The molecule has 1 atom stereocenters. The fourth-order valence-electron chi connectivity index (χ4n) is 3.90. The third-order valence-corrected chi connectivity index (χ3v) is 5.35. The number of piperidine rings is 1. The zero-order valence-electron chi connectivity index (χ0n) is 16.1. The number of carbonyl (C=O) groups is 1. The minimum Gasteiger partial charge on any atom is -0.348 e. The van der Waals surface area contributed by atoms with E-state index < -0.39 is 0 Å². The van der Waals surface area contributed by atoms with E-state index in [1.165, 1.54) is 5.56 Å². The van der Waals surface area contributed by atoms with Crippen LogP contribution >= 0.6 is 0 Å². The van der Waals surface area contributed by atoms with Gasteiger partial charge in [0.2, 0.25) is 0 Å². The average molecular weight is 374 g/mol. The molecule has 2 heterocycles. The summed E-state index contributed by atoms with van der Waals surface area (Å²) in [4.78, 5) is 23.7. The van der Waals surface area contributed by atoms with Gasteiger partial charge in [-0.05, 0) is 62.5 Å².